The Balaban J connectivity index is 1.89. The van der Waals surface area contributed by atoms with Gasteiger partial charge in [-0.2, -0.15) is 11.3 Å². The molecule has 1 aromatic carbocycles. The average Bonchev–Trinajstić information content (AvgIpc) is 3.02. The molecule has 20 heavy (non-hydrogen) atoms. The molecule has 1 saturated heterocycles. The van der Waals surface area contributed by atoms with Crippen molar-refractivity contribution >= 4 is 17.2 Å². The first-order valence-corrected chi connectivity index (χ1v) is 7.76. The highest BCUT2D eigenvalue weighted by Gasteiger charge is 2.30. The maximum atomic E-state index is 12.7. The van der Waals surface area contributed by atoms with Crippen molar-refractivity contribution in [2.75, 3.05) is 26.7 Å². The third-order valence-corrected chi connectivity index (χ3v) is 4.48. The highest BCUT2D eigenvalue weighted by Crippen LogP contribution is 2.26. The van der Waals surface area contributed by atoms with Gasteiger partial charge in [0.05, 0.1) is 11.6 Å². The van der Waals surface area contributed by atoms with E-state index in [-0.39, 0.29) is 11.9 Å². The van der Waals surface area contributed by atoms with Crippen LogP contribution in [0, 0.1) is 0 Å². The van der Waals surface area contributed by atoms with Gasteiger partial charge in [0, 0.05) is 25.0 Å². The summed E-state index contributed by atoms with van der Waals surface area (Å²) in [7, 11) is 2.11. The summed E-state index contributed by atoms with van der Waals surface area (Å²) in [6.45, 7) is 2.60. The molecule has 1 amide bonds. The molecule has 104 valence electrons. The largest absolute Gasteiger partial charge is 0.329 e. The molecule has 1 fully saturated rings. The number of hydrogen-bond acceptors (Lipinski definition) is 3. The molecular weight excluding hydrogens is 268 g/mol. The molecule has 4 heteroatoms. The number of rotatable bonds is 2. The number of nitrogens with zero attached hydrogens (tertiary/aromatic N) is 2. The van der Waals surface area contributed by atoms with Crippen LogP contribution in [-0.4, -0.2) is 42.4 Å². The SMILES string of the molecule is CN1CCN(C(=O)c2ccsc2)[C@H](c2ccccc2)C1. The Morgan fingerprint density at radius 2 is 2.00 bits per heavy atom. The molecule has 0 unspecified atom stereocenters. The van der Waals surface area contributed by atoms with Gasteiger partial charge < -0.3 is 9.80 Å². The van der Waals surface area contributed by atoms with Crippen molar-refractivity contribution in [2.45, 2.75) is 6.04 Å². The monoisotopic (exact) mass is 286 g/mol. The van der Waals surface area contributed by atoms with Crippen molar-refractivity contribution in [1.29, 1.82) is 0 Å². The van der Waals surface area contributed by atoms with Crippen molar-refractivity contribution in [2.24, 2.45) is 0 Å². The fraction of sp³-hybridized carbons (Fsp3) is 0.312. The Labute approximate surface area is 123 Å². The number of likely N-dealkylation sites (N-methyl/N-ethyl adjacent to an activating group) is 1. The fourth-order valence-corrected chi connectivity index (χ4v) is 3.30. The quantitative estimate of drug-likeness (QED) is 0.847. The summed E-state index contributed by atoms with van der Waals surface area (Å²) in [5.41, 5.74) is 2.02. The average molecular weight is 286 g/mol. The van der Waals surface area contributed by atoms with E-state index in [2.05, 4.69) is 24.1 Å². The van der Waals surface area contributed by atoms with Crippen molar-refractivity contribution in [1.82, 2.24) is 9.80 Å². The number of carbonyl (C=O) groups is 1. The molecule has 3 rings (SSSR count). The van der Waals surface area contributed by atoms with Gasteiger partial charge in [0.15, 0.2) is 0 Å². The zero-order valence-corrected chi connectivity index (χ0v) is 12.3. The lowest BCUT2D eigenvalue weighted by Gasteiger charge is -2.40. The summed E-state index contributed by atoms with van der Waals surface area (Å²) in [6.07, 6.45) is 0. The molecule has 0 N–H and O–H groups in total. The standard InChI is InChI=1S/C16H18N2OS/c1-17-8-9-18(16(19)14-7-10-20-12-14)15(11-17)13-5-3-2-4-6-13/h2-7,10,12,15H,8-9,11H2,1H3/t15-/m0/s1. The van der Waals surface area contributed by atoms with Crippen molar-refractivity contribution in [3.05, 3.63) is 58.3 Å². The minimum absolute atomic E-state index is 0.141. The zero-order chi connectivity index (χ0) is 13.9. The van der Waals surface area contributed by atoms with Crippen LogP contribution in [0.3, 0.4) is 0 Å². The van der Waals surface area contributed by atoms with Gasteiger partial charge in [0.25, 0.3) is 5.91 Å². The smallest absolute Gasteiger partial charge is 0.255 e. The van der Waals surface area contributed by atoms with Gasteiger partial charge in [-0.15, -0.1) is 0 Å². The van der Waals surface area contributed by atoms with E-state index in [1.165, 1.54) is 5.56 Å². The van der Waals surface area contributed by atoms with Crippen LogP contribution < -0.4 is 0 Å². The molecule has 1 aromatic heterocycles. The van der Waals surface area contributed by atoms with Gasteiger partial charge in [-0.05, 0) is 24.1 Å². The van der Waals surface area contributed by atoms with Crippen LogP contribution in [-0.2, 0) is 0 Å². The molecule has 1 aliphatic rings. The Morgan fingerprint density at radius 1 is 1.20 bits per heavy atom. The van der Waals surface area contributed by atoms with E-state index in [0.29, 0.717) is 0 Å². The van der Waals surface area contributed by atoms with Crippen molar-refractivity contribution in [3.8, 4) is 0 Å². The topological polar surface area (TPSA) is 23.6 Å². The molecule has 0 radical (unpaired) electrons. The van der Waals surface area contributed by atoms with E-state index in [4.69, 9.17) is 0 Å². The molecule has 0 aliphatic carbocycles. The molecule has 0 saturated carbocycles. The second-order valence-corrected chi connectivity index (χ2v) is 5.98. The van der Waals surface area contributed by atoms with Crippen LogP contribution in [0.5, 0.6) is 0 Å². The second-order valence-electron chi connectivity index (χ2n) is 5.20. The molecular formula is C16H18N2OS. The van der Waals surface area contributed by atoms with Gasteiger partial charge in [-0.25, -0.2) is 0 Å². The normalized spacial score (nSPS) is 20.1. The minimum Gasteiger partial charge on any atom is -0.329 e. The van der Waals surface area contributed by atoms with E-state index in [9.17, 15) is 4.79 Å². The summed E-state index contributed by atoms with van der Waals surface area (Å²) >= 11 is 1.57. The molecule has 0 bridgehead atoms. The highest BCUT2D eigenvalue weighted by atomic mass is 32.1. The summed E-state index contributed by atoms with van der Waals surface area (Å²) < 4.78 is 0. The third kappa shape index (κ3) is 2.62. The fourth-order valence-electron chi connectivity index (χ4n) is 2.67. The first kappa shape index (κ1) is 13.3. The molecule has 2 aromatic rings. The van der Waals surface area contributed by atoms with Crippen molar-refractivity contribution in [3.63, 3.8) is 0 Å². The number of piperazine rings is 1. The lowest BCUT2D eigenvalue weighted by Crippen LogP contribution is -2.49. The molecule has 3 nitrogen and oxygen atoms in total. The lowest BCUT2D eigenvalue weighted by molar-refractivity contribution is 0.0498. The van der Waals surface area contributed by atoms with E-state index in [0.717, 1.165) is 25.2 Å². The summed E-state index contributed by atoms with van der Waals surface area (Å²) in [5.74, 6) is 0.146. The minimum atomic E-state index is 0.141. The lowest BCUT2D eigenvalue weighted by atomic mass is 10.0. The predicted octanol–water partition coefficient (Wildman–Crippen LogP) is 2.88. The van der Waals surface area contributed by atoms with E-state index in [1.54, 1.807) is 11.3 Å². The van der Waals surface area contributed by atoms with Gasteiger partial charge >= 0.3 is 0 Å². The Hall–Kier alpha value is -1.65. The van der Waals surface area contributed by atoms with Crippen LogP contribution in [0.2, 0.25) is 0 Å². The Kier molecular flexibility index (Phi) is 3.85. The van der Waals surface area contributed by atoms with Gasteiger partial charge in [-0.1, -0.05) is 30.3 Å². The Bertz CT molecular complexity index is 567. The van der Waals surface area contributed by atoms with E-state index >= 15 is 0 Å². The molecule has 2 heterocycles. The number of thiophene rings is 1. The highest BCUT2D eigenvalue weighted by molar-refractivity contribution is 7.08. The van der Waals surface area contributed by atoms with Crippen LogP contribution in [0.4, 0.5) is 0 Å². The number of hydrogen-bond donors (Lipinski definition) is 0. The van der Waals surface area contributed by atoms with Crippen LogP contribution in [0.1, 0.15) is 22.0 Å². The first-order chi connectivity index (χ1) is 9.75. The van der Waals surface area contributed by atoms with Crippen LogP contribution in [0.25, 0.3) is 0 Å². The molecule has 1 aliphatic heterocycles. The third-order valence-electron chi connectivity index (χ3n) is 3.80. The maximum absolute atomic E-state index is 12.7. The zero-order valence-electron chi connectivity index (χ0n) is 11.5. The number of carbonyl (C=O) groups excluding carboxylic acids is 1. The summed E-state index contributed by atoms with van der Waals surface area (Å²) in [4.78, 5) is 17.0. The van der Waals surface area contributed by atoms with Crippen LogP contribution in [0.15, 0.2) is 47.2 Å². The number of amides is 1. The second kappa shape index (κ2) is 5.77. The van der Waals surface area contributed by atoms with Gasteiger partial charge in [0.2, 0.25) is 0 Å². The Morgan fingerprint density at radius 3 is 2.70 bits per heavy atom. The van der Waals surface area contributed by atoms with Gasteiger partial charge in [0.1, 0.15) is 0 Å². The first-order valence-electron chi connectivity index (χ1n) is 6.82. The summed E-state index contributed by atoms with van der Waals surface area (Å²) in [5, 5.41) is 3.89. The number of benzene rings is 1. The van der Waals surface area contributed by atoms with Crippen molar-refractivity contribution < 1.29 is 4.79 Å². The van der Waals surface area contributed by atoms with E-state index < -0.39 is 0 Å². The van der Waals surface area contributed by atoms with Gasteiger partial charge in [-0.3, -0.25) is 4.79 Å². The summed E-state index contributed by atoms with van der Waals surface area (Å²) in [6, 6.07) is 12.4. The molecule has 1 atom stereocenters. The van der Waals surface area contributed by atoms with E-state index in [1.807, 2.05) is 39.9 Å². The van der Waals surface area contributed by atoms with Crippen LogP contribution >= 0.6 is 11.3 Å². The maximum Gasteiger partial charge on any atom is 0.255 e. The predicted molar refractivity (Wildman–Crippen MR) is 82.0 cm³/mol. The molecule has 0 spiro atoms.